The summed E-state index contributed by atoms with van der Waals surface area (Å²) in [5, 5.41) is 13.7. The number of nitrogens with two attached hydrogens (primary N) is 1. The highest BCUT2D eigenvalue weighted by Gasteiger charge is 2.24. The highest BCUT2D eigenvalue weighted by atomic mass is 16.4. The van der Waals surface area contributed by atoms with Crippen LogP contribution in [0.25, 0.3) is 0 Å². The molecular formula is C11H21N3O4. The maximum atomic E-state index is 11.7. The molecule has 104 valence electrons. The number of carboxylic acids is 1. The Labute approximate surface area is 106 Å². The third kappa shape index (κ3) is 6.19. The van der Waals surface area contributed by atoms with E-state index >= 15 is 0 Å². The first kappa shape index (κ1) is 16.4. The normalized spacial score (nSPS) is 13.8. The van der Waals surface area contributed by atoms with E-state index in [1.54, 1.807) is 0 Å². The van der Waals surface area contributed by atoms with Crippen LogP contribution >= 0.6 is 0 Å². The predicted molar refractivity (Wildman–Crippen MR) is 65.7 cm³/mol. The fourth-order valence-electron chi connectivity index (χ4n) is 1.36. The lowest BCUT2D eigenvalue weighted by Gasteiger charge is -2.19. The van der Waals surface area contributed by atoms with Gasteiger partial charge >= 0.3 is 5.97 Å². The van der Waals surface area contributed by atoms with Gasteiger partial charge < -0.3 is 21.5 Å². The second-order valence-corrected chi connectivity index (χ2v) is 4.52. The van der Waals surface area contributed by atoms with Crippen LogP contribution in [0.2, 0.25) is 0 Å². The maximum Gasteiger partial charge on any atom is 0.326 e. The number of aliphatic carboxylic acids is 1. The smallest absolute Gasteiger partial charge is 0.326 e. The van der Waals surface area contributed by atoms with Crippen molar-refractivity contribution in [1.82, 2.24) is 10.6 Å². The van der Waals surface area contributed by atoms with E-state index in [0.29, 0.717) is 6.42 Å². The van der Waals surface area contributed by atoms with Gasteiger partial charge in [-0.15, -0.1) is 0 Å². The van der Waals surface area contributed by atoms with Gasteiger partial charge in [-0.2, -0.15) is 0 Å². The van der Waals surface area contributed by atoms with Gasteiger partial charge in [0.25, 0.3) is 0 Å². The molecule has 7 heteroatoms. The molecule has 0 aromatic carbocycles. The standard InChI is InChI=1S/C11H21N3O4/c1-6(2)4-8(11(17)18)14-10(16)7(3)13-9(15)5-12/h6-8H,4-5,12H2,1-3H3,(H,13,15)(H,14,16)(H,17,18)/t7-,8?/m0/s1. The highest BCUT2D eigenvalue weighted by Crippen LogP contribution is 2.05. The van der Waals surface area contributed by atoms with Crippen LogP contribution in [-0.4, -0.2) is 41.5 Å². The summed E-state index contributed by atoms with van der Waals surface area (Å²) in [6, 6.07) is -1.76. The van der Waals surface area contributed by atoms with E-state index in [4.69, 9.17) is 10.8 Å². The number of hydrogen-bond acceptors (Lipinski definition) is 4. The molecule has 1 unspecified atom stereocenters. The first-order chi connectivity index (χ1) is 8.27. The van der Waals surface area contributed by atoms with Crippen molar-refractivity contribution in [2.24, 2.45) is 11.7 Å². The maximum absolute atomic E-state index is 11.7. The largest absolute Gasteiger partial charge is 0.480 e. The lowest BCUT2D eigenvalue weighted by Crippen LogP contribution is -2.51. The zero-order valence-corrected chi connectivity index (χ0v) is 10.9. The highest BCUT2D eigenvalue weighted by molar-refractivity contribution is 5.90. The first-order valence-electron chi connectivity index (χ1n) is 5.80. The molecule has 0 saturated carbocycles. The van der Waals surface area contributed by atoms with Crippen LogP contribution in [0.3, 0.4) is 0 Å². The summed E-state index contributed by atoms with van der Waals surface area (Å²) in [6.07, 6.45) is 0.332. The number of carbonyl (C=O) groups is 3. The van der Waals surface area contributed by atoms with E-state index in [1.807, 2.05) is 13.8 Å². The Balaban J connectivity index is 4.41. The van der Waals surface area contributed by atoms with Crippen LogP contribution in [0.5, 0.6) is 0 Å². The molecule has 0 spiro atoms. The van der Waals surface area contributed by atoms with Gasteiger partial charge in [0.15, 0.2) is 0 Å². The molecule has 2 atom stereocenters. The summed E-state index contributed by atoms with van der Waals surface area (Å²) in [6.45, 7) is 4.98. The van der Waals surface area contributed by atoms with Crippen LogP contribution in [-0.2, 0) is 14.4 Å². The van der Waals surface area contributed by atoms with Crippen molar-refractivity contribution in [2.45, 2.75) is 39.3 Å². The molecule has 0 heterocycles. The molecule has 0 aliphatic carbocycles. The number of carbonyl (C=O) groups excluding carboxylic acids is 2. The lowest BCUT2D eigenvalue weighted by molar-refractivity contribution is -0.142. The number of amides is 2. The summed E-state index contributed by atoms with van der Waals surface area (Å²) in [5.74, 6) is -1.95. The van der Waals surface area contributed by atoms with Crippen molar-refractivity contribution in [3.8, 4) is 0 Å². The molecule has 0 rings (SSSR count). The van der Waals surface area contributed by atoms with Crippen LogP contribution in [0.1, 0.15) is 27.2 Å². The summed E-state index contributed by atoms with van der Waals surface area (Å²) in [7, 11) is 0. The topological polar surface area (TPSA) is 122 Å². The molecule has 0 bridgehead atoms. The Morgan fingerprint density at radius 3 is 2.11 bits per heavy atom. The monoisotopic (exact) mass is 259 g/mol. The van der Waals surface area contributed by atoms with E-state index < -0.39 is 29.9 Å². The Morgan fingerprint density at radius 2 is 1.72 bits per heavy atom. The average molecular weight is 259 g/mol. The Morgan fingerprint density at radius 1 is 1.17 bits per heavy atom. The van der Waals surface area contributed by atoms with Gasteiger partial charge in [0.05, 0.1) is 6.54 Å². The Kier molecular flexibility index (Phi) is 6.96. The molecular weight excluding hydrogens is 238 g/mol. The van der Waals surface area contributed by atoms with E-state index in [-0.39, 0.29) is 12.5 Å². The van der Waals surface area contributed by atoms with Gasteiger partial charge in [-0.3, -0.25) is 9.59 Å². The molecule has 0 aliphatic rings. The van der Waals surface area contributed by atoms with Crippen molar-refractivity contribution in [1.29, 1.82) is 0 Å². The van der Waals surface area contributed by atoms with Gasteiger partial charge in [-0.25, -0.2) is 4.79 Å². The van der Waals surface area contributed by atoms with Crippen molar-refractivity contribution in [3.63, 3.8) is 0 Å². The van der Waals surface area contributed by atoms with Crippen molar-refractivity contribution < 1.29 is 19.5 Å². The van der Waals surface area contributed by atoms with E-state index in [1.165, 1.54) is 6.92 Å². The molecule has 0 saturated heterocycles. The minimum atomic E-state index is -1.09. The second-order valence-electron chi connectivity index (χ2n) is 4.52. The zero-order chi connectivity index (χ0) is 14.3. The number of hydrogen-bond donors (Lipinski definition) is 4. The molecule has 0 aromatic rings. The van der Waals surface area contributed by atoms with Gasteiger partial charge in [0, 0.05) is 0 Å². The van der Waals surface area contributed by atoms with Gasteiger partial charge in [0.2, 0.25) is 11.8 Å². The number of carboxylic acid groups (broad SMARTS) is 1. The molecule has 0 aliphatic heterocycles. The average Bonchev–Trinajstić information content (AvgIpc) is 2.26. The van der Waals surface area contributed by atoms with Crippen molar-refractivity contribution >= 4 is 17.8 Å². The first-order valence-corrected chi connectivity index (χ1v) is 5.80. The SMILES string of the molecule is CC(C)CC(NC(=O)[C@H](C)NC(=O)CN)C(=O)O. The third-order valence-corrected chi connectivity index (χ3v) is 2.28. The summed E-state index contributed by atoms with van der Waals surface area (Å²) >= 11 is 0. The molecule has 2 amide bonds. The van der Waals surface area contributed by atoms with Gasteiger partial charge in [-0.05, 0) is 19.3 Å². The van der Waals surface area contributed by atoms with Gasteiger partial charge in [-0.1, -0.05) is 13.8 Å². The van der Waals surface area contributed by atoms with Gasteiger partial charge in [0.1, 0.15) is 12.1 Å². The van der Waals surface area contributed by atoms with E-state index in [9.17, 15) is 14.4 Å². The molecule has 0 fully saturated rings. The Bertz CT molecular complexity index is 317. The third-order valence-electron chi connectivity index (χ3n) is 2.28. The van der Waals surface area contributed by atoms with Crippen LogP contribution < -0.4 is 16.4 Å². The van der Waals surface area contributed by atoms with E-state index in [0.717, 1.165) is 0 Å². The number of rotatable bonds is 7. The molecule has 7 nitrogen and oxygen atoms in total. The van der Waals surface area contributed by atoms with Crippen LogP contribution in [0, 0.1) is 5.92 Å². The second kappa shape index (κ2) is 7.65. The fraction of sp³-hybridized carbons (Fsp3) is 0.727. The van der Waals surface area contributed by atoms with Crippen molar-refractivity contribution in [3.05, 3.63) is 0 Å². The van der Waals surface area contributed by atoms with Crippen molar-refractivity contribution in [2.75, 3.05) is 6.54 Å². The Hall–Kier alpha value is -1.63. The minimum absolute atomic E-state index is 0.139. The summed E-state index contributed by atoms with van der Waals surface area (Å²) in [5.41, 5.74) is 5.10. The molecule has 0 radical (unpaired) electrons. The molecule has 18 heavy (non-hydrogen) atoms. The van der Waals surface area contributed by atoms with Crippen LogP contribution in [0.15, 0.2) is 0 Å². The summed E-state index contributed by atoms with van der Waals surface area (Å²) < 4.78 is 0. The number of nitrogens with one attached hydrogen (secondary N) is 2. The minimum Gasteiger partial charge on any atom is -0.480 e. The lowest BCUT2D eigenvalue weighted by atomic mass is 10.0. The predicted octanol–water partition coefficient (Wildman–Crippen LogP) is -0.935. The quantitative estimate of drug-likeness (QED) is 0.470. The zero-order valence-electron chi connectivity index (χ0n) is 10.9. The van der Waals surface area contributed by atoms with Crippen LogP contribution in [0.4, 0.5) is 0 Å². The molecule has 0 aromatic heterocycles. The fourth-order valence-corrected chi connectivity index (χ4v) is 1.36. The van der Waals surface area contributed by atoms with E-state index in [2.05, 4.69) is 10.6 Å². The summed E-state index contributed by atoms with van der Waals surface area (Å²) in [4.78, 5) is 33.6. The molecule has 5 N–H and O–H groups in total.